The Bertz CT molecular complexity index is 737. The molecule has 0 bridgehead atoms. The monoisotopic (exact) mass is 269 g/mol. The minimum atomic E-state index is -0.116. The Morgan fingerprint density at radius 3 is 2.90 bits per heavy atom. The van der Waals surface area contributed by atoms with Gasteiger partial charge in [-0.15, -0.1) is 0 Å². The Morgan fingerprint density at radius 2 is 2.15 bits per heavy atom. The number of fused-ring (bicyclic) bond motifs is 1. The predicted molar refractivity (Wildman–Crippen MR) is 75.6 cm³/mol. The third-order valence-electron chi connectivity index (χ3n) is 3.07. The van der Waals surface area contributed by atoms with Crippen LogP contribution in [0, 0.1) is 0 Å². The summed E-state index contributed by atoms with van der Waals surface area (Å²) in [6, 6.07) is 9.66. The van der Waals surface area contributed by atoms with Crippen LogP contribution in [0.25, 0.3) is 10.8 Å². The second-order valence-corrected chi connectivity index (χ2v) is 4.43. The smallest absolute Gasteiger partial charge is 0.227 e. The first-order chi connectivity index (χ1) is 9.80. The maximum Gasteiger partial charge on any atom is 0.227 e. The predicted octanol–water partition coefficient (Wildman–Crippen LogP) is 2.74. The van der Waals surface area contributed by atoms with Crippen molar-refractivity contribution in [1.29, 1.82) is 0 Å². The largest absolute Gasteiger partial charge is 0.435 e. The lowest BCUT2D eigenvalue weighted by Crippen LogP contribution is -1.95. The fraction of sp³-hybridized carbons (Fsp3) is 0.200. The van der Waals surface area contributed by atoms with Gasteiger partial charge in [0, 0.05) is 11.9 Å². The molecule has 102 valence electrons. The third-order valence-corrected chi connectivity index (χ3v) is 3.07. The van der Waals surface area contributed by atoms with Crippen molar-refractivity contribution in [3.05, 3.63) is 48.4 Å². The average molecular weight is 269 g/mol. The summed E-state index contributed by atoms with van der Waals surface area (Å²) in [4.78, 5) is 4.34. The molecular weight excluding hydrogens is 254 g/mol. The molecule has 0 aliphatic rings. The number of ether oxygens (including phenoxy) is 1. The van der Waals surface area contributed by atoms with E-state index in [0.717, 1.165) is 17.3 Å². The van der Waals surface area contributed by atoms with Gasteiger partial charge >= 0.3 is 0 Å². The number of pyridine rings is 1. The first kappa shape index (κ1) is 12.6. The standard InChI is InChI=1S/C15H15N3O2/c1-2-18-9-13(8-16-18)20-15-14-6-4-3-5-11(14)7-12(10-19)17-15/h3-9,19H,2,10H2,1H3. The van der Waals surface area contributed by atoms with Gasteiger partial charge in [-0.3, -0.25) is 4.68 Å². The number of hydrogen-bond acceptors (Lipinski definition) is 4. The van der Waals surface area contributed by atoms with E-state index in [9.17, 15) is 5.11 Å². The van der Waals surface area contributed by atoms with Crippen LogP contribution in [0.1, 0.15) is 12.6 Å². The summed E-state index contributed by atoms with van der Waals surface area (Å²) in [6.45, 7) is 2.68. The zero-order chi connectivity index (χ0) is 13.9. The molecule has 20 heavy (non-hydrogen) atoms. The molecule has 3 aromatic rings. The number of aliphatic hydroxyl groups excluding tert-OH is 1. The van der Waals surface area contributed by atoms with E-state index >= 15 is 0 Å². The number of hydrogen-bond donors (Lipinski definition) is 1. The van der Waals surface area contributed by atoms with Crippen LogP contribution >= 0.6 is 0 Å². The van der Waals surface area contributed by atoms with Crippen molar-refractivity contribution in [3.63, 3.8) is 0 Å². The lowest BCUT2D eigenvalue weighted by molar-refractivity contribution is 0.275. The summed E-state index contributed by atoms with van der Waals surface area (Å²) >= 11 is 0. The Hall–Kier alpha value is -2.40. The minimum absolute atomic E-state index is 0.116. The topological polar surface area (TPSA) is 60.2 Å². The number of aryl methyl sites for hydroxylation is 1. The SMILES string of the molecule is CCn1cc(Oc2nc(CO)cc3ccccc23)cn1. The Balaban J connectivity index is 2.04. The van der Waals surface area contributed by atoms with Crippen LogP contribution in [0.15, 0.2) is 42.7 Å². The van der Waals surface area contributed by atoms with Crippen molar-refractivity contribution < 1.29 is 9.84 Å². The molecule has 0 saturated heterocycles. The van der Waals surface area contributed by atoms with Crippen LogP contribution in [0.3, 0.4) is 0 Å². The Kier molecular flexibility index (Phi) is 3.35. The number of nitrogens with zero attached hydrogens (tertiary/aromatic N) is 3. The molecule has 1 aromatic carbocycles. The molecule has 0 spiro atoms. The fourth-order valence-electron chi connectivity index (χ4n) is 2.06. The average Bonchev–Trinajstić information content (AvgIpc) is 2.94. The highest BCUT2D eigenvalue weighted by molar-refractivity contribution is 5.87. The van der Waals surface area contributed by atoms with Gasteiger partial charge in [-0.2, -0.15) is 5.10 Å². The second-order valence-electron chi connectivity index (χ2n) is 4.43. The van der Waals surface area contributed by atoms with Crippen LogP contribution in [-0.4, -0.2) is 19.9 Å². The van der Waals surface area contributed by atoms with Crippen LogP contribution < -0.4 is 4.74 Å². The van der Waals surface area contributed by atoms with Gasteiger partial charge in [-0.05, 0) is 24.4 Å². The van der Waals surface area contributed by atoms with Crippen molar-refractivity contribution >= 4 is 10.8 Å². The normalized spacial score (nSPS) is 10.9. The van der Waals surface area contributed by atoms with E-state index in [1.54, 1.807) is 10.9 Å². The van der Waals surface area contributed by atoms with Crippen molar-refractivity contribution in [3.8, 4) is 11.6 Å². The van der Waals surface area contributed by atoms with Gasteiger partial charge in [0.1, 0.15) is 0 Å². The number of aliphatic hydroxyl groups is 1. The molecule has 0 aliphatic carbocycles. The molecule has 0 unspecified atom stereocenters. The quantitative estimate of drug-likeness (QED) is 0.791. The van der Waals surface area contributed by atoms with Crippen LogP contribution in [0.5, 0.6) is 11.6 Å². The van der Waals surface area contributed by atoms with Crippen molar-refractivity contribution in [2.24, 2.45) is 0 Å². The van der Waals surface area contributed by atoms with Gasteiger partial charge in [0.2, 0.25) is 5.88 Å². The summed E-state index contributed by atoms with van der Waals surface area (Å²) in [5.41, 5.74) is 0.585. The number of rotatable bonds is 4. The third kappa shape index (κ3) is 2.35. The van der Waals surface area contributed by atoms with Crippen LogP contribution in [0.2, 0.25) is 0 Å². The van der Waals surface area contributed by atoms with Gasteiger partial charge < -0.3 is 9.84 Å². The molecule has 2 heterocycles. The molecule has 1 N–H and O–H groups in total. The molecular formula is C15H15N3O2. The molecule has 0 aliphatic heterocycles. The van der Waals surface area contributed by atoms with Gasteiger partial charge in [0.25, 0.3) is 0 Å². The van der Waals surface area contributed by atoms with E-state index in [0.29, 0.717) is 17.3 Å². The van der Waals surface area contributed by atoms with Gasteiger partial charge in [-0.25, -0.2) is 4.98 Å². The molecule has 0 amide bonds. The molecule has 3 rings (SSSR count). The maximum absolute atomic E-state index is 9.30. The highest BCUT2D eigenvalue weighted by Crippen LogP contribution is 2.28. The Labute approximate surface area is 116 Å². The molecule has 0 radical (unpaired) electrons. The molecule has 0 atom stereocenters. The van der Waals surface area contributed by atoms with E-state index in [4.69, 9.17) is 4.74 Å². The summed E-state index contributed by atoms with van der Waals surface area (Å²) in [5, 5.41) is 15.4. The summed E-state index contributed by atoms with van der Waals surface area (Å²) < 4.78 is 7.60. The van der Waals surface area contributed by atoms with E-state index < -0.39 is 0 Å². The number of benzene rings is 1. The van der Waals surface area contributed by atoms with Crippen molar-refractivity contribution in [2.45, 2.75) is 20.1 Å². The highest BCUT2D eigenvalue weighted by Gasteiger charge is 2.09. The fourth-order valence-corrected chi connectivity index (χ4v) is 2.06. The second kappa shape index (κ2) is 5.30. The summed E-state index contributed by atoms with van der Waals surface area (Å²) in [5.74, 6) is 1.13. The zero-order valence-electron chi connectivity index (χ0n) is 11.2. The molecule has 5 heteroatoms. The van der Waals surface area contributed by atoms with E-state index in [1.807, 2.05) is 43.5 Å². The Morgan fingerprint density at radius 1 is 1.30 bits per heavy atom. The first-order valence-corrected chi connectivity index (χ1v) is 6.50. The summed E-state index contributed by atoms with van der Waals surface area (Å²) in [7, 11) is 0. The van der Waals surface area contributed by atoms with E-state index in [1.165, 1.54) is 0 Å². The van der Waals surface area contributed by atoms with Gasteiger partial charge in [0.05, 0.1) is 24.7 Å². The lowest BCUT2D eigenvalue weighted by atomic mass is 10.1. The van der Waals surface area contributed by atoms with Crippen molar-refractivity contribution in [1.82, 2.24) is 14.8 Å². The zero-order valence-corrected chi connectivity index (χ0v) is 11.2. The van der Waals surface area contributed by atoms with Gasteiger partial charge in [0.15, 0.2) is 5.75 Å². The lowest BCUT2D eigenvalue weighted by Gasteiger charge is -2.08. The molecule has 2 aromatic heterocycles. The minimum Gasteiger partial charge on any atom is -0.435 e. The van der Waals surface area contributed by atoms with Crippen LogP contribution in [-0.2, 0) is 13.2 Å². The molecule has 0 saturated carbocycles. The summed E-state index contributed by atoms with van der Waals surface area (Å²) in [6.07, 6.45) is 3.48. The molecule has 5 nitrogen and oxygen atoms in total. The van der Waals surface area contributed by atoms with Crippen molar-refractivity contribution in [2.75, 3.05) is 0 Å². The molecule has 0 fully saturated rings. The van der Waals surface area contributed by atoms with Gasteiger partial charge in [-0.1, -0.05) is 18.2 Å². The number of aromatic nitrogens is 3. The highest BCUT2D eigenvalue weighted by atomic mass is 16.5. The van der Waals surface area contributed by atoms with E-state index in [-0.39, 0.29) is 6.61 Å². The maximum atomic E-state index is 9.30. The first-order valence-electron chi connectivity index (χ1n) is 6.50. The van der Waals surface area contributed by atoms with E-state index in [2.05, 4.69) is 10.1 Å². The van der Waals surface area contributed by atoms with Crippen LogP contribution in [0.4, 0.5) is 0 Å².